The second kappa shape index (κ2) is 7.26. The molecule has 1 heterocycles. The third kappa shape index (κ3) is 3.37. The monoisotopic (exact) mass is 353 g/mol. The fourth-order valence-electron chi connectivity index (χ4n) is 3.00. The number of nitro benzene ring substituents is 1. The van der Waals surface area contributed by atoms with Crippen LogP contribution in [-0.4, -0.2) is 29.5 Å². The number of amides is 2. The van der Waals surface area contributed by atoms with Crippen molar-refractivity contribution in [1.82, 2.24) is 10.2 Å². The highest BCUT2D eigenvalue weighted by Gasteiger charge is 2.29. The molecule has 2 aromatic carbocycles. The molecule has 134 valence electrons. The van der Waals surface area contributed by atoms with Crippen molar-refractivity contribution in [1.29, 1.82) is 0 Å². The topological polar surface area (TPSA) is 84.7 Å². The first-order chi connectivity index (χ1) is 12.5. The molecule has 1 aliphatic rings. The summed E-state index contributed by atoms with van der Waals surface area (Å²) >= 11 is 0. The van der Waals surface area contributed by atoms with Gasteiger partial charge >= 0.3 is 6.03 Å². The van der Waals surface area contributed by atoms with Crippen LogP contribution in [0.4, 0.5) is 10.5 Å². The molecule has 2 aromatic rings. The average Bonchev–Trinajstić information content (AvgIpc) is 2.67. The van der Waals surface area contributed by atoms with Gasteiger partial charge in [0.2, 0.25) is 0 Å². The van der Waals surface area contributed by atoms with Crippen LogP contribution < -0.4 is 10.1 Å². The lowest BCUT2D eigenvalue weighted by atomic mass is 9.99. The molecule has 1 unspecified atom stereocenters. The first kappa shape index (κ1) is 17.5. The average molecular weight is 353 g/mol. The normalized spacial score (nSPS) is 16.7. The van der Waals surface area contributed by atoms with Gasteiger partial charge < -0.3 is 15.0 Å². The molecule has 7 heteroatoms. The van der Waals surface area contributed by atoms with E-state index in [1.165, 1.54) is 12.1 Å². The lowest BCUT2D eigenvalue weighted by Crippen LogP contribution is -2.44. The van der Waals surface area contributed by atoms with Gasteiger partial charge in [0.1, 0.15) is 5.75 Å². The number of methoxy groups -OCH3 is 1. The van der Waals surface area contributed by atoms with Gasteiger partial charge in [-0.25, -0.2) is 4.79 Å². The standard InChI is InChI=1S/C19H19N3O4/c1-3-21-18(14-7-5-9-16(11-14)26-2)12-17(20-19(21)23)13-6-4-8-15(10-13)22(24)25/h4-12,18H,3H2,1-2H3,(H,20,23). The van der Waals surface area contributed by atoms with E-state index in [9.17, 15) is 14.9 Å². The predicted octanol–water partition coefficient (Wildman–Crippen LogP) is 3.73. The highest BCUT2D eigenvalue weighted by atomic mass is 16.6. The van der Waals surface area contributed by atoms with Crippen molar-refractivity contribution in [3.05, 3.63) is 75.8 Å². The fourth-order valence-corrected chi connectivity index (χ4v) is 3.00. The van der Waals surface area contributed by atoms with E-state index < -0.39 is 4.92 Å². The third-order valence-corrected chi connectivity index (χ3v) is 4.31. The lowest BCUT2D eigenvalue weighted by Gasteiger charge is -2.34. The Morgan fingerprint density at radius 3 is 2.69 bits per heavy atom. The van der Waals surface area contributed by atoms with Crippen LogP contribution in [0.3, 0.4) is 0 Å². The number of carbonyl (C=O) groups is 1. The van der Waals surface area contributed by atoms with Gasteiger partial charge in [0, 0.05) is 29.9 Å². The van der Waals surface area contributed by atoms with Crippen LogP contribution in [0, 0.1) is 10.1 Å². The SMILES string of the molecule is CCN1C(=O)NC(c2cccc([N+](=O)[O-])c2)=CC1c1cccc(OC)c1. The van der Waals surface area contributed by atoms with Gasteiger partial charge in [0.05, 0.1) is 18.1 Å². The summed E-state index contributed by atoms with van der Waals surface area (Å²) in [6, 6.07) is 13.2. The van der Waals surface area contributed by atoms with Gasteiger partial charge in [-0.15, -0.1) is 0 Å². The van der Waals surface area contributed by atoms with Crippen molar-refractivity contribution in [2.45, 2.75) is 13.0 Å². The highest BCUT2D eigenvalue weighted by Crippen LogP contribution is 2.32. The Hall–Kier alpha value is -3.35. The van der Waals surface area contributed by atoms with Crippen LogP contribution in [0.5, 0.6) is 5.75 Å². The molecule has 26 heavy (non-hydrogen) atoms. The predicted molar refractivity (Wildman–Crippen MR) is 97.7 cm³/mol. The molecule has 0 bridgehead atoms. The van der Waals surface area contributed by atoms with Gasteiger partial charge in [0.25, 0.3) is 5.69 Å². The van der Waals surface area contributed by atoms with Gasteiger partial charge in [-0.2, -0.15) is 0 Å². The molecule has 0 radical (unpaired) electrons. The van der Waals surface area contributed by atoms with E-state index >= 15 is 0 Å². The fraction of sp³-hybridized carbons (Fsp3) is 0.211. The molecule has 0 saturated carbocycles. The molecule has 3 rings (SSSR count). The Balaban J connectivity index is 2.06. The zero-order valence-electron chi connectivity index (χ0n) is 14.5. The summed E-state index contributed by atoms with van der Waals surface area (Å²) in [5.41, 5.74) is 2.03. The van der Waals surface area contributed by atoms with Crippen molar-refractivity contribution in [3.8, 4) is 5.75 Å². The third-order valence-electron chi connectivity index (χ3n) is 4.31. The number of benzene rings is 2. The number of nitrogens with one attached hydrogen (secondary N) is 1. The number of non-ortho nitro benzene ring substituents is 1. The number of hydrogen-bond donors (Lipinski definition) is 1. The van der Waals surface area contributed by atoms with Crippen molar-refractivity contribution in [3.63, 3.8) is 0 Å². The van der Waals surface area contributed by atoms with Crippen LogP contribution in [0.25, 0.3) is 5.70 Å². The van der Waals surface area contributed by atoms with Crippen molar-refractivity contribution >= 4 is 17.4 Å². The maximum absolute atomic E-state index is 12.6. The Bertz CT molecular complexity index is 879. The molecule has 0 saturated heterocycles. The molecule has 2 amide bonds. The van der Waals surface area contributed by atoms with E-state index in [2.05, 4.69) is 5.32 Å². The summed E-state index contributed by atoms with van der Waals surface area (Å²) in [5.74, 6) is 0.704. The summed E-state index contributed by atoms with van der Waals surface area (Å²) < 4.78 is 5.28. The molecular weight excluding hydrogens is 334 g/mol. The molecule has 0 spiro atoms. The van der Waals surface area contributed by atoms with Crippen molar-refractivity contribution < 1.29 is 14.5 Å². The molecule has 0 fully saturated rings. The molecule has 7 nitrogen and oxygen atoms in total. The zero-order chi connectivity index (χ0) is 18.7. The summed E-state index contributed by atoms with van der Waals surface area (Å²) in [6.45, 7) is 2.42. The van der Waals surface area contributed by atoms with Crippen LogP contribution in [-0.2, 0) is 0 Å². The summed E-state index contributed by atoms with van der Waals surface area (Å²) in [7, 11) is 1.59. The van der Waals surface area contributed by atoms with E-state index in [0.29, 0.717) is 23.6 Å². The molecule has 0 aromatic heterocycles. The van der Waals surface area contributed by atoms with Crippen molar-refractivity contribution in [2.24, 2.45) is 0 Å². The molecule has 0 aliphatic carbocycles. The first-order valence-corrected chi connectivity index (χ1v) is 8.21. The minimum atomic E-state index is -0.452. The number of nitrogens with zero attached hydrogens (tertiary/aromatic N) is 2. The molecular formula is C19H19N3O4. The molecule has 1 N–H and O–H groups in total. The van der Waals surface area contributed by atoms with E-state index in [-0.39, 0.29) is 17.8 Å². The summed E-state index contributed by atoms with van der Waals surface area (Å²) in [5, 5.41) is 13.9. The van der Waals surface area contributed by atoms with Crippen LogP contribution >= 0.6 is 0 Å². The summed E-state index contributed by atoms with van der Waals surface area (Å²) in [6.07, 6.45) is 1.90. The number of ether oxygens (including phenoxy) is 1. The molecule has 1 aliphatic heterocycles. The maximum Gasteiger partial charge on any atom is 0.322 e. The highest BCUT2D eigenvalue weighted by molar-refractivity contribution is 5.89. The number of carbonyl (C=O) groups excluding carboxylic acids is 1. The van der Waals surface area contributed by atoms with E-state index in [1.807, 2.05) is 37.3 Å². The summed E-state index contributed by atoms with van der Waals surface area (Å²) in [4.78, 5) is 24.8. The second-order valence-electron chi connectivity index (χ2n) is 5.83. The van der Waals surface area contributed by atoms with Gasteiger partial charge in [-0.05, 0) is 30.7 Å². The number of rotatable bonds is 5. The van der Waals surface area contributed by atoms with Crippen LogP contribution in [0.15, 0.2) is 54.6 Å². The van der Waals surface area contributed by atoms with Gasteiger partial charge in [0.15, 0.2) is 0 Å². The van der Waals surface area contributed by atoms with E-state index in [0.717, 1.165) is 5.56 Å². The number of nitro groups is 1. The minimum Gasteiger partial charge on any atom is -0.497 e. The Morgan fingerprint density at radius 2 is 2.00 bits per heavy atom. The zero-order valence-corrected chi connectivity index (χ0v) is 14.5. The van der Waals surface area contributed by atoms with Gasteiger partial charge in [-0.3, -0.25) is 10.1 Å². The smallest absolute Gasteiger partial charge is 0.322 e. The minimum absolute atomic E-state index is 0.0199. The van der Waals surface area contributed by atoms with Gasteiger partial charge in [-0.1, -0.05) is 24.3 Å². The second-order valence-corrected chi connectivity index (χ2v) is 5.83. The quantitative estimate of drug-likeness (QED) is 0.656. The number of urea groups is 1. The number of hydrogen-bond acceptors (Lipinski definition) is 4. The molecule has 1 atom stereocenters. The Labute approximate surface area is 151 Å². The first-order valence-electron chi connectivity index (χ1n) is 8.21. The maximum atomic E-state index is 12.6. The van der Waals surface area contributed by atoms with Crippen molar-refractivity contribution in [2.75, 3.05) is 13.7 Å². The Morgan fingerprint density at radius 1 is 1.23 bits per heavy atom. The lowest BCUT2D eigenvalue weighted by molar-refractivity contribution is -0.384. The van der Waals surface area contributed by atoms with E-state index in [4.69, 9.17) is 4.74 Å². The van der Waals surface area contributed by atoms with Crippen LogP contribution in [0.1, 0.15) is 24.1 Å². The number of likely N-dealkylation sites (N-methyl/N-ethyl adjacent to an activating group) is 1. The van der Waals surface area contributed by atoms with E-state index in [1.54, 1.807) is 24.1 Å². The largest absolute Gasteiger partial charge is 0.497 e. The Kier molecular flexibility index (Phi) is 4.88. The van der Waals surface area contributed by atoms with Crippen LogP contribution in [0.2, 0.25) is 0 Å².